The van der Waals surface area contributed by atoms with Crippen LogP contribution in [0.1, 0.15) is 5.56 Å². The van der Waals surface area contributed by atoms with Crippen LogP contribution in [0.15, 0.2) is 36.4 Å². The first-order valence-electron chi connectivity index (χ1n) is 7.60. The van der Waals surface area contributed by atoms with Crippen LogP contribution in [0.25, 0.3) is 0 Å². The fraction of sp³-hybridized carbons (Fsp3) is 0.278. The summed E-state index contributed by atoms with van der Waals surface area (Å²) in [6.07, 6.45) is 0. The lowest BCUT2D eigenvalue weighted by molar-refractivity contribution is 0.251. The largest absolute Gasteiger partial charge is 0.495 e. The number of benzene rings is 2. The number of nitrogens with one attached hydrogen (secondary N) is 2. The van der Waals surface area contributed by atoms with E-state index in [0.717, 1.165) is 5.56 Å². The molecule has 0 saturated carbocycles. The molecule has 0 aliphatic rings. The van der Waals surface area contributed by atoms with Gasteiger partial charge in [0, 0.05) is 12.1 Å². The van der Waals surface area contributed by atoms with Crippen molar-refractivity contribution >= 4 is 11.7 Å². The molecule has 2 aromatic carbocycles. The summed E-state index contributed by atoms with van der Waals surface area (Å²) < 4.78 is 21.2. The van der Waals surface area contributed by atoms with Crippen molar-refractivity contribution in [2.24, 2.45) is 0 Å². The fourth-order valence-electron chi connectivity index (χ4n) is 2.39. The highest BCUT2D eigenvalue weighted by molar-refractivity contribution is 5.90. The second kappa shape index (κ2) is 8.68. The number of amides is 2. The van der Waals surface area contributed by atoms with E-state index < -0.39 is 0 Å². The molecule has 2 N–H and O–H groups in total. The van der Waals surface area contributed by atoms with Crippen LogP contribution in [0.5, 0.6) is 23.0 Å². The number of rotatable bonds is 7. The summed E-state index contributed by atoms with van der Waals surface area (Å²) in [5, 5.41) is 5.53. The first-order valence-corrected chi connectivity index (χ1v) is 7.60. The summed E-state index contributed by atoms with van der Waals surface area (Å²) >= 11 is 0. The number of para-hydroxylation sites is 2. The molecule has 2 aromatic rings. The maximum Gasteiger partial charge on any atom is 0.319 e. The molecule has 0 bridgehead atoms. The Labute approximate surface area is 146 Å². The van der Waals surface area contributed by atoms with E-state index in [-0.39, 0.29) is 12.6 Å². The predicted octanol–water partition coefficient (Wildman–Crippen LogP) is 3.04. The number of carbonyl (C=O) groups excluding carboxylic acids is 1. The second-order valence-electron chi connectivity index (χ2n) is 5.00. The van der Waals surface area contributed by atoms with E-state index in [4.69, 9.17) is 18.9 Å². The molecule has 0 fully saturated rings. The molecular formula is C18H22N2O5. The molecule has 2 rings (SSSR count). The lowest BCUT2D eigenvalue weighted by Gasteiger charge is -2.16. The van der Waals surface area contributed by atoms with Gasteiger partial charge in [0.15, 0.2) is 11.5 Å². The SMILES string of the molecule is COc1ccccc1NC(=O)NCc1ccc(OC)c(OC)c1OC. The zero-order valence-electron chi connectivity index (χ0n) is 14.7. The van der Waals surface area contributed by atoms with Crippen LogP contribution in [0.2, 0.25) is 0 Å². The minimum atomic E-state index is -0.360. The zero-order chi connectivity index (χ0) is 18.2. The first kappa shape index (κ1) is 18.3. The number of anilines is 1. The van der Waals surface area contributed by atoms with E-state index in [1.807, 2.05) is 18.2 Å². The zero-order valence-corrected chi connectivity index (χ0v) is 14.7. The van der Waals surface area contributed by atoms with Crippen molar-refractivity contribution in [2.75, 3.05) is 33.8 Å². The molecule has 0 spiro atoms. The standard InChI is InChI=1S/C18H22N2O5/c1-22-14-8-6-5-7-13(14)20-18(21)19-11-12-9-10-15(23-2)17(25-4)16(12)24-3/h5-10H,11H2,1-4H3,(H2,19,20,21). The Morgan fingerprint density at radius 1 is 0.840 bits per heavy atom. The van der Waals surface area contributed by atoms with Crippen LogP contribution in [-0.2, 0) is 6.54 Å². The van der Waals surface area contributed by atoms with Gasteiger partial charge < -0.3 is 29.6 Å². The molecule has 0 aliphatic carbocycles. The highest BCUT2D eigenvalue weighted by atomic mass is 16.5. The molecule has 0 atom stereocenters. The molecule has 134 valence electrons. The highest BCUT2D eigenvalue weighted by Crippen LogP contribution is 2.39. The number of carbonyl (C=O) groups is 1. The van der Waals surface area contributed by atoms with E-state index in [9.17, 15) is 4.79 Å². The Morgan fingerprint density at radius 3 is 2.16 bits per heavy atom. The van der Waals surface area contributed by atoms with E-state index in [1.54, 1.807) is 32.4 Å². The molecule has 0 heterocycles. The van der Waals surface area contributed by atoms with Crippen molar-refractivity contribution in [1.82, 2.24) is 5.32 Å². The second-order valence-corrected chi connectivity index (χ2v) is 5.00. The monoisotopic (exact) mass is 346 g/mol. The van der Waals surface area contributed by atoms with Gasteiger partial charge in [-0.05, 0) is 24.3 Å². The Bertz CT molecular complexity index is 733. The number of urea groups is 1. The van der Waals surface area contributed by atoms with Gasteiger partial charge in [0.25, 0.3) is 0 Å². The summed E-state index contributed by atoms with van der Waals surface area (Å²) in [6.45, 7) is 0.254. The van der Waals surface area contributed by atoms with Crippen LogP contribution >= 0.6 is 0 Å². The van der Waals surface area contributed by atoms with E-state index in [2.05, 4.69) is 10.6 Å². The number of hydrogen-bond acceptors (Lipinski definition) is 5. The molecular weight excluding hydrogens is 324 g/mol. The maximum absolute atomic E-state index is 12.2. The molecule has 7 nitrogen and oxygen atoms in total. The Hall–Kier alpha value is -3.09. The van der Waals surface area contributed by atoms with Gasteiger partial charge in [0.1, 0.15) is 5.75 Å². The molecule has 0 unspecified atom stereocenters. The third kappa shape index (κ3) is 4.26. The summed E-state index contributed by atoms with van der Waals surface area (Å²) in [7, 11) is 6.17. The molecule has 25 heavy (non-hydrogen) atoms. The van der Waals surface area contributed by atoms with Crippen molar-refractivity contribution in [3.05, 3.63) is 42.0 Å². The molecule has 0 aliphatic heterocycles. The van der Waals surface area contributed by atoms with Crippen molar-refractivity contribution in [2.45, 2.75) is 6.54 Å². The maximum atomic E-state index is 12.2. The first-order chi connectivity index (χ1) is 12.1. The van der Waals surface area contributed by atoms with E-state index in [0.29, 0.717) is 28.7 Å². The van der Waals surface area contributed by atoms with Gasteiger partial charge in [-0.15, -0.1) is 0 Å². The van der Waals surface area contributed by atoms with Crippen LogP contribution in [0.4, 0.5) is 10.5 Å². The third-order valence-corrected chi connectivity index (χ3v) is 3.58. The number of ether oxygens (including phenoxy) is 4. The molecule has 7 heteroatoms. The van der Waals surface area contributed by atoms with E-state index in [1.165, 1.54) is 14.2 Å². The minimum absolute atomic E-state index is 0.254. The fourth-order valence-corrected chi connectivity index (χ4v) is 2.39. The van der Waals surface area contributed by atoms with Crippen LogP contribution in [0, 0.1) is 0 Å². The van der Waals surface area contributed by atoms with Crippen molar-refractivity contribution in [3.8, 4) is 23.0 Å². The quantitative estimate of drug-likeness (QED) is 0.806. The summed E-state index contributed by atoms with van der Waals surface area (Å²) in [5.74, 6) is 2.14. The minimum Gasteiger partial charge on any atom is -0.495 e. The number of methoxy groups -OCH3 is 4. The number of hydrogen-bond donors (Lipinski definition) is 2. The summed E-state index contributed by atoms with van der Waals surface area (Å²) in [4.78, 5) is 12.2. The van der Waals surface area contributed by atoms with Gasteiger partial charge in [0.05, 0.1) is 34.1 Å². The van der Waals surface area contributed by atoms with Crippen LogP contribution in [0.3, 0.4) is 0 Å². The Balaban J connectivity index is 2.09. The van der Waals surface area contributed by atoms with Gasteiger partial charge in [0.2, 0.25) is 5.75 Å². The highest BCUT2D eigenvalue weighted by Gasteiger charge is 2.16. The molecule has 0 aromatic heterocycles. The molecule has 0 radical (unpaired) electrons. The topological polar surface area (TPSA) is 78.1 Å². The Kier molecular flexibility index (Phi) is 6.33. The van der Waals surface area contributed by atoms with Gasteiger partial charge in [-0.2, -0.15) is 0 Å². The molecule has 2 amide bonds. The smallest absolute Gasteiger partial charge is 0.319 e. The van der Waals surface area contributed by atoms with Crippen molar-refractivity contribution in [1.29, 1.82) is 0 Å². The van der Waals surface area contributed by atoms with Gasteiger partial charge in [-0.3, -0.25) is 0 Å². The van der Waals surface area contributed by atoms with Gasteiger partial charge >= 0.3 is 6.03 Å². The predicted molar refractivity (Wildman–Crippen MR) is 95.0 cm³/mol. The lowest BCUT2D eigenvalue weighted by atomic mass is 10.1. The van der Waals surface area contributed by atoms with Crippen LogP contribution < -0.4 is 29.6 Å². The van der Waals surface area contributed by atoms with Crippen LogP contribution in [-0.4, -0.2) is 34.5 Å². The summed E-state index contributed by atoms with van der Waals surface area (Å²) in [6, 6.07) is 10.4. The van der Waals surface area contributed by atoms with Gasteiger partial charge in [-0.25, -0.2) is 4.79 Å². The molecule has 0 saturated heterocycles. The van der Waals surface area contributed by atoms with Crippen molar-refractivity contribution in [3.63, 3.8) is 0 Å². The third-order valence-electron chi connectivity index (χ3n) is 3.58. The van der Waals surface area contributed by atoms with Gasteiger partial charge in [-0.1, -0.05) is 12.1 Å². The lowest BCUT2D eigenvalue weighted by Crippen LogP contribution is -2.28. The Morgan fingerprint density at radius 2 is 1.52 bits per heavy atom. The summed E-state index contributed by atoms with van der Waals surface area (Å²) in [5.41, 5.74) is 1.34. The average Bonchev–Trinajstić information content (AvgIpc) is 2.65. The van der Waals surface area contributed by atoms with E-state index >= 15 is 0 Å². The average molecular weight is 346 g/mol. The normalized spacial score (nSPS) is 9.92. The van der Waals surface area contributed by atoms with Crippen molar-refractivity contribution < 1.29 is 23.7 Å².